The molecule has 2 aliphatic rings. The largest absolute Gasteiger partial charge is 0.390 e. The average Bonchev–Trinajstić information content (AvgIpc) is 3.15. The number of aliphatic hydroxyl groups is 2. The number of nitrogens with zero attached hydrogens (tertiary/aromatic N) is 2. The van der Waals surface area contributed by atoms with Crippen LogP contribution >= 0.6 is 12.4 Å². The summed E-state index contributed by atoms with van der Waals surface area (Å²) >= 11 is 0. The first kappa shape index (κ1) is 21.7. The van der Waals surface area contributed by atoms with Crippen molar-refractivity contribution in [3.63, 3.8) is 0 Å². The quantitative estimate of drug-likeness (QED) is 0.558. The van der Waals surface area contributed by atoms with Crippen LogP contribution in [0, 0.1) is 23.7 Å². The Bertz CT molecular complexity index is 951. The number of carbonyl (C=O) groups is 1. The fourth-order valence-electron chi connectivity index (χ4n) is 4.83. The van der Waals surface area contributed by atoms with E-state index in [0.29, 0.717) is 29.8 Å². The molecule has 8 nitrogen and oxygen atoms in total. The van der Waals surface area contributed by atoms with Gasteiger partial charge in [-0.05, 0) is 30.5 Å². The lowest BCUT2D eigenvalue weighted by molar-refractivity contribution is -0.154. The van der Waals surface area contributed by atoms with Gasteiger partial charge in [0, 0.05) is 25.4 Å². The number of H-pyrrole nitrogens is 1. The molecule has 9 heteroatoms. The molecule has 1 saturated heterocycles. The maximum Gasteiger partial charge on any atom is 0.258 e. The van der Waals surface area contributed by atoms with Crippen LogP contribution in [0.25, 0.3) is 10.9 Å². The fourth-order valence-corrected chi connectivity index (χ4v) is 4.83. The summed E-state index contributed by atoms with van der Waals surface area (Å²) in [6.07, 6.45) is -1.75. The molecule has 2 heterocycles. The maximum atomic E-state index is 13.2. The molecule has 2 aromatic rings. The molecule has 4 rings (SSSR count). The van der Waals surface area contributed by atoms with Crippen molar-refractivity contribution in [1.29, 1.82) is 0 Å². The van der Waals surface area contributed by atoms with E-state index < -0.39 is 18.1 Å². The van der Waals surface area contributed by atoms with Crippen LogP contribution in [0.15, 0.2) is 29.1 Å². The van der Waals surface area contributed by atoms with Crippen LogP contribution in [0.2, 0.25) is 0 Å². The highest BCUT2D eigenvalue weighted by atomic mass is 35.5. The Morgan fingerprint density at radius 3 is 2.66 bits per heavy atom. The lowest BCUT2D eigenvalue weighted by Gasteiger charge is -2.44. The Morgan fingerprint density at radius 2 is 1.90 bits per heavy atom. The predicted molar refractivity (Wildman–Crippen MR) is 111 cm³/mol. The van der Waals surface area contributed by atoms with Crippen molar-refractivity contribution in [2.45, 2.75) is 25.7 Å². The molecule has 1 aliphatic heterocycles. The molecule has 0 bridgehead atoms. The Labute approximate surface area is 174 Å². The van der Waals surface area contributed by atoms with Crippen LogP contribution in [0.5, 0.6) is 0 Å². The zero-order valence-corrected chi connectivity index (χ0v) is 17.2. The summed E-state index contributed by atoms with van der Waals surface area (Å²) in [5.74, 6) is -0.581. The summed E-state index contributed by atoms with van der Waals surface area (Å²) in [6.45, 7) is 3.23. The van der Waals surface area contributed by atoms with E-state index in [0.717, 1.165) is 0 Å². The number of amides is 1. The van der Waals surface area contributed by atoms with Gasteiger partial charge in [-0.3, -0.25) is 9.59 Å². The number of fused-ring (bicyclic) bond motifs is 2. The summed E-state index contributed by atoms with van der Waals surface area (Å²) in [4.78, 5) is 34.3. The maximum absolute atomic E-state index is 13.2. The second kappa shape index (κ2) is 8.39. The summed E-state index contributed by atoms with van der Waals surface area (Å²) in [5.41, 5.74) is 0.359. The number of benzene rings is 1. The minimum atomic E-state index is -0.929. The lowest BCUT2D eigenvalue weighted by atomic mass is 9.65. The Kier molecular flexibility index (Phi) is 6.28. The Balaban J connectivity index is 0.00000240. The third-order valence-corrected chi connectivity index (χ3v) is 6.38. The molecule has 0 radical (unpaired) electrons. The molecule has 1 aromatic heterocycles. The van der Waals surface area contributed by atoms with Crippen LogP contribution in [0.4, 0.5) is 0 Å². The van der Waals surface area contributed by atoms with Crippen LogP contribution in [-0.4, -0.2) is 63.3 Å². The number of rotatable bonds is 3. The first-order valence-corrected chi connectivity index (χ1v) is 9.68. The van der Waals surface area contributed by atoms with Crippen LogP contribution in [0.1, 0.15) is 12.7 Å². The first-order chi connectivity index (χ1) is 13.4. The number of aliphatic hydroxyl groups excluding tert-OH is 2. The number of carbonyl (C=O) groups excluding carboxylic acids is 1. The number of hydrogen-bond donors (Lipinski definition) is 4. The van der Waals surface area contributed by atoms with E-state index in [1.807, 2.05) is 13.0 Å². The van der Waals surface area contributed by atoms with Gasteiger partial charge in [-0.25, -0.2) is 4.98 Å². The fraction of sp³-hybridized carbons (Fsp3) is 0.550. The molecule has 6 atom stereocenters. The van der Waals surface area contributed by atoms with Gasteiger partial charge in [-0.1, -0.05) is 19.1 Å². The van der Waals surface area contributed by atoms with Gasteiger partial charge in [0.15, 0.2) is 0 Å². The number of hydrogen-bond acceptors (Lipinski definition) is 6. The van der Waals surface area contributed by atoms with Gasteiger partial charge in [0.2, 0.25) is 5.91 Å². The van der Waals surface area contributed by atoms with E-state index in [4.69, 9.17) is 0 Å². The molecule has 1 aromatic carbocycles. The van der Waals surface area contributed by atoms with Gasteiger partial charge in [0.25, 0.3) is 5.56 Å². The van der Waals surface area contributed by atoms with Gasteiger partial charge < -0.3 is 25.4 Å². The standard InChI is InChI=1S/C20H26N4O4.ClH/c1-10-16(12-7-21-8-13(12)18(26)17(10)25)20(28)24(2)9-15-22-14-6-4-3-5-11(14)19(27)23-15;/h3-6,10,12-13,16-18,21,25-26H,7-9H2,1-2H3,(H,22,23,27);1H/t10-,12+,13+,16+,17+,18+;/m1./s1. The normalized spacial score (nSPS) is 31.2. The number of para-hydroxylation sites is 1. The zero-order chi connectivity index (χ0) is 20.0. The van der Waals surface area contributed by atoms with Crippen molar-refractivity contribution in [3.05, 3.63) is 40.4 Å². The Morgan fingerprint density at radius 1 is 1.21 bits per heavy atom. The van der Waals surface area contributed by atoms with Gasteiger partial charge in [0.1, 0.15) is 5.82 Å². The number of halogens is 1. The van der Waals surface area contributed by atoms with Crippen molar-refractivity contribution in [2.75, 3.05) is 20.1 Å². The molecule has 1 saturated carbocycles. The van der Waals surface area contributed by atoms with Crippen molar-refractivity contribution in [2.24, 2.45) is 23.7 Å². The van der Waals surface area contributed by atoms with E-state index in [2.05, 4.69) is 15.3 Å². The van der Waals surface area contributed by atoms with Gasteiger partial charge in [0.05, 0.1) is 29.7 Å². The Hall–Kier alpha value is -2.00. The topological polar surface area (TPSA) is 119 Å². The second-order valence-corrected chi connectivity index (χ2v) is 8.08. The summed E-state index contributed by atoms with van der Waals surface area (Å²) < 4.78 is 0. The van der Waals surface area contributed by atoms with Gasteiger partial charge in [-0.15, -0.1) is 12.4 Å². The van der Waals surface area contributed by atoms with Crippen molar-refractivity contribution < 1.29 is 15.0 Å². The first-order valence-electron chi connectivity index (χ1n) is 9.68. The van der Waals surface area contributed by atoms with E-state index >= 15 is 0 Å². The lowest BCUT2D eigenvalue weighted by Crippen LogP contribution is -2.55. The summed E-state index contributed by atoms with van der Waals surface area (Å²) in [7, 11) is 1.68. The highest BCUT2D eigenvalue weighted by Gasteiger charge is 2.52. The molecule has 1 amide bonds. The smallest absolute Gasteiger partial charge is 0.258 e. The minimum absolute atomic E-state index is 0. The molecule has 4 N–H and O–H groups in total. The molecule has 0 unspecified atom stereocenters. The molecule has 158 valence electrons. The summed E-state index contributed by atoms with van der Waals surface area (Å²) in [5, 5.41) is 24.5. The molecule has 1 aliphatic carbocycles. The second-order valence-electron chi connectivity index (χ2n) is 8.08. The summed E-state index contributed by atoms with van der Waals surface area (Å²) in [6, 6.07) is 7.08. The van der Waals surface area contributed by atoms with Crippen LogP contribution in [-0.2, 0) is 11.3 Å². The van der Waals surface area contributed by atoms with E-state index in [1.165, 1.54) is 0 Å². The van der Waals surface area contributed by atoms with Crippen molar-refractivity contribution in [1.82, 2.24) is 20.2 Å². The zero-order valence-electron chi connectivity index (χ0n) is 16.4. The van der Waals surface area contributed by atoms with Gasteiger partial charge in [-0.2, -0.15) is 0 Å². The van der Waals surface area contributed by atoms with Crippen LogP contribution in [0.3, 0.4) is 0 Å². The molecule has 29 heavy (non-hydrogen) atoms. The molecular formula is C20H27ClN4O4. The number of nitrogens with one attached hydrogen (secondary N) is 2. The monoisotopic (exact) mass is 422 g/mol. The SMILES string of the molecule is C[C@H]1[C@H](O)[C@@H](O)[C@H]2CNC[C@@H]2[C@H]1C(=O)N(C)Cc1nc2ccccc2c(=O)[nH]1.Cl. The predicted octanol–water partition coefficient (Wildman–Crippen LogP) is 0.127. The third-order valence-electron chi connectivity index (χ3n) is 6.38. The molecule has 0 spiro atoms. The van der Waals surface area contributed by atoms with Gasteiger partial charge >= 0.3 is 0 Å². The van der Waals surface area contributed by atoms with E-state index in [-0.39, 0.29) is 48.2 Å². The average molecular weight is 423 g/mol. The number of aromatic amines is 1. The third kappa shape index (κ3) is 3.77. The minimum Gasteiger partial charge on any atom is -0.390 e. The highest BCUT2D eigenvalue weighted by molar-refractivity contribution is 5.85. The van der Waals surface area contributed by atoms with Crippen molar-refractivity contribution in [3.8, 4) is 0 Å². The van der Waals surface area contributed by atoms with E-state index in [1.54, 1.807) is 30.1 Å². The molecular weight excluding hydrogens is 396 g/mol. The van der Waals surface area contributed by atoms with Crippen LogP contribution < -0.4 is 10.9 Å². The van der Waals surface area contributed by atoms with Crippen molar-refractivity contribution >= 4 is 29.2 Å². The number of aromatic nitrogens is 2. The highest BCUT2D eigenvalue weighted by Crippen LogP contribution is 2.42. The molecule has 2 fully saturated rings. The van der Waals surface area contributed by atoms with E-state index in [9.17, 15) is 19.8 Å².